The van der Waals surface area contributed by atoms with Gasteiger partial charge < -0.3 is 4.90 Å². The van der Waals surface area contributed by atoms with Crippen LogP contribution in [-0.4, -0.2) is 39.5 Å². The predicted molar refractivity (Wildman–Crippen MR) is 107 cm³/mol. The highest BCUT2D eigenvalue weighted by atomic mass is 32.1. The van der Waals surface area contributed by atoms with E-state index in [-0.39, 0.29) is 11.8 Å². The first kappa shape index (κ1) is 19.5. The lowest BCUT2D eigenvalue weighted by Gasteiger charge is -2.23. The van der Waals surface area contributed by atoms with Gasteiger partial charge in [-0.3, -0.25) is 14.9 Å². The SMILES string of the molecule is CCCCCCC(=O)N1CCCC1C(=O)Nc1nnc(-c2ccccc2)s1. The number of aromatic nitrogens is 2. The van der Waals surface area contributed by atoms with Gasteiger partial charge in [0.15, 0.2) is 0 Å². The molecule has 27 heavy (non-hydrogen) atoms. The number of hydrogen-bond acceptors (Lipinski definition) is 5. The van der Waals surface area contributed by atoms with E-state index in [2.05, 4.69) is 22.4 Å². The van der Waals surface area contributed by atoms with Gasteiger partial charge in [0.25, 0.3) is 0 Å². The van der Waals surface area contributed by atoms with E-state index in [0.29, 0.717) is 24.5 Å². The number of anilines is 1. The Hall–Kier alpha value is -2.28. The van der Waals surface area contributed by atoms with E-state index in [1.165, 1.54) is 11.3 Å². The Morgan fingerprint density at radius 2 is 2.00 bits per heavy atom. The van der Waals surface area contributed by atoms with Crippen LogP contribution in [0.4, 0.5) is 5.13 Å². The van der Waals surface area contributed by atoms with Crippen LogP contribution in [0.3, 0.4) is 0 Å². The van der Waals surface area contributed by atoms with Gasteiger partial charge in [-0.2, -0.15) is 0 Å². The van der Waals surface area contributed by atoms with Crippen LogP contribution in [0.2, 0.25) is 0 Å². The maximum Gasteiger partial charge on any atom is 0.249 e. The molecule has 1 unspecified atom stereocenters. The van der Waals surface area contributed by atoms with Gasteiger partial charge >= 0.3 is 0 Å². The number of carbonyl (C=O) groups is 2. The van der Waals surface area contributed by atoms with Crippen molar-refractivity contribution in [2.75, 3.05) is 11.9 Å². The van der Waals surface area contributed by atoms with E-state index in [1.807, 2.05) is 30.3 Å². The highest BCUT2D eigenvalue weighted by molar-refractivity contribution is 7.18. The summed E-state index contributed by atoms with van der Waals surface area (Å²) in [5.74, 6) is -0.0730. The van der Waals surface area contributed by atoms with Crippen molar-refractivity contribution in [1.29, 1.82) is 0 Å². The van der Waals surface area contributed by atoms with Crippen LogP contribution in [0, 0.1) is 0 Å². The van der Waals surface area contributed by atoms with Gasteiger partial charge in [-0.05, 0) is 19.3 Å². The molecule has 2 aromatic rings. The Morgan fingerprint density at radius 3 is 2.78 bits per heavy atom. The summed E-state index contributed by atoms with van der Waals surface area (Å²) in [6.45, 7) is 2.81. The molecule has 0 spiro atoms. The van der Waals surface area contributed by atoms with Crippen molar-refractivity contribution in [3.63, 3.8) is 0 Å². The van der Waals surface area contributed by atoms with Crippen molar-refractivity contribution in [1.82, 2.24) is 15.1 Å². The summed E-state index contributed by atoms with van der Waals surface area (Å²) in [4.78, 5) is 26.9. The van der Waals surface area contributed by atoms with Crippen LogP contribution >= 0.6 is 11.3 Å². The Bertz CT molecular complexity index is 762. The summed E-state index contributed by atoms with van der Waals surface area (Å²) in [5, 5.41) is 12.3. The molecular formula is C20H26N4O2S. The largest absolute Gasteiger partial charge is 0.331 e. The molecule has 2 amide bonds. The summed E-state index contributed by atoms with van der Waals surface area (Å²) >= 11 is 1.34. The molecule has 0 radical (unpaired) electrons. The van der Waals surface area contributed by atoms with E-state index < -0.39 is 6.04 Å². The minimum absolute atomic E-state index is 0.0889. The average Bonchev–Trinajstić information content (AvgIpc) is 3.35. The van der Waals surface area contributed by atoms with Crippen LogP contribution in [0.5, 0.6) is 0 Å². The molecule has 0 saturated carbocycles. The monoisotopic (exact) mass is 386 g/mol. The number of amides is 2. The highest BCUT2D eigenvalue weighted by Gasteiger charge is 2.34. The minimum atomic E-state index is -0.396. The smallest absolute Gasteiger partial charge is 0.249 e. The molecule has 0 bridgehead atoms. The Kier molecular flexibility index (Phi) is 6.92. The lowest BCUT2D eigenvalue weighted by atomic mass is 10.1. The molecule has 1 aliphatic heterocycles. The molecule has 1 N–H and O–H groups in total. The zero-order valence-corrected chi connectivity index (χ0v) is 16.5. The number of hydrogen-bond donors (Lipinski definition) is 1. The number of benzene rings is 1. The third-order valence-corrected chi connectivity index (χ3v) is 5.68. The fourth-order valence-corrected chi connectivity index (χ4v) is 4.10. The van der Waals surface area contributed by atoms with Gasteiger partial charge in [0.2, 0.25) is 16.9 Å². The standard InChI is InChI=1S/C20H26N4O2S/c1-2-3-4-8-13-17(25)24-14-9-12-16(24)18(26)21-20-23-22-19(27-20)15-10-6-5-7-11-15/h5-7,10-11,16H,2-4,8-9,12-14H2,1H3,(H,21,23,26). The lowest BCUT2D eigenvalue weighted by Crippen LogP contribution is -2.43. The van der Waals surface area contributed by atoms with Crippen LogP contribution in [-0.2, 0) is 9.59 Å². The Balaban J connectivity index is 1.57. The number of nitrogens with one attached hydrogen (secondary N) is 1. The maximum atomic E-state index is 12.7. The summed E-state index contributed by atoms with van der Waals surface area (Å²) in [7, 11) is 0. The first-order valence-electron chi connectivity index (χ1n) is 9.68. The van der Waals surface area contributed by atoms with Crippen molar-refractivity contribution in [3.05, 3.63) is 30.3 Å². The molecule has 1 aromatic heterocycles. The third-order valence-electron chi connectivity index (χ3n) is 4.80. The summed E-state index contributed by atoms with van der Waals surface area (Å²) in [6, 6.07) is 9.35. The molecule has 1 atom stereocenters. The second kappa shape index (κ2) is 9.60. The van der Waals surface area contributed by atoms with Crippen molar-refractivity contribution in [3.8, 4) is 10.6 Å². The summed E-state index contributed by atoms with van der Waals surface area (Å²) in [6.07, 6.45) is 6.36. The molecule has 6 nitrogen and oxygen atoms in total. The zero-order chi connectivity index (χ0) is 19.1. The van der Waals surface area contributed by atoms with Gasteiger partial charge in [-0.1, -0.05) is 67.9 Å². The van der Waals surface area contributed by atoms with Gasteiger partial charge in [-0.15, -0.1) is 10.2 Å². The molecule has 3 rings (SSSR count). The van der Waals surface area contributed by atoms with E-state index in [0.717, 1.165) is 42.7 Å². The second-order valence-electron chi connectivity index (χ2n) is 6.82. The van der Waals surface area contributed by atoms with Crippen molar-refractivity contribution in [2.24, 2.45) is 0 Å². The van der Waals surface area contributed by atoms with Crippen LogP contribution in [0.1, 0.15) is 51.9 Å². The van der Waals surface area contributed by atoms with E-state index in [9.17, 15) is 9.59 Å². The number of unbranched alkanes of at least 4 members (excludes halogenated alkanes) is 3. The van der Waals surface area contributed by atoms with E-state index in [4.69, 9.17) is 0 Å². The normalized spacial score (nSPS) is 16.5. The van der Waals surface area contributed by atoms with Gasteiger partial charge in [-0.25, -0.2) is 0 Å². The Labute approximate surface area is 164 Å². The van der Waals surface area contributed by atoms with Crippen LogP contribution in [0.15, 0.2) is 30.3 Å². The molecular weight excluding hydrogens is 360 g/mol. The summed E-state index contributed by atoms with van der Waals surface area (Å²) < 4.78 is 0. The van der Waals surface area contributed by atoms with Crippen molar-refractivity contribution in [2.45, 2.75) is 57.9 Å². The Morgan fingerprint density at radius 1 is 1.19 bits per heavy atom. The van der Waals surface area contributed by atoms with Crippen molar-refractivity contribution >= 4 is 28.3 Å². The number of likely N-dealkylation sites (tertiary alicyclic amines) is 1. The molecule has 2 heterocycles. The molecule has 1 fully saturated rings. The van der Waals surface area contributed by atoms with Crippen molar-refractivity contribution < 1.29 is 9.59 Å². The van der Waals surface area contributed by atoms with Gasteiger partial charge in [0.1, 0.15) is 11.0 Å². The summed E-state index contributed by atoms with van der Waals surface area (Å²) in [5.41, 5.74) is 0.972. The van der Waals surface area contributed by atoms with Crippen LogP contribution in [0.25, 0.3) is 10.6 Å². The zero-order valence-electron chi connectivity index (χ0n) is 15.7. The maximum absolute atomic E-state index is 12.7. The lowest BCUT2D eigenvalue weighted by molar-refractivity contribution is -0.136. The molecule has 1 aliphatic rings. The van der Waals surface area contributed by atoms with E-state index >= 15 is 0 Å². The number of nitrogens with zero attached hydrogens (tertiary/aromatic N) is 3. The topological polar surface area (TPSA) is 75.2 Å². The molecule has 0 aliphatic carbocycles. The molecule has 1 saturated heterocycles. The molecule has 7 heteroatoms. The third kappa shape index (κ3) is 5.13. The van der Waals surface area contributed by atoms with E-state index in [1.54, 1.807) is 4.90 Å². The first-order valence-corrected chi connectivity index (χ1v) is 10.5. The highest BCUT2D eigenvalue weighted by Crippen LogP contribution is 2.27. The minimum Gasteiger partial charge on any atom is -0.331 e. The van der Waals surface area contributed by atoms with Crippen LogP contribution < -0.4 is 5.32 Å². The fraction of sp³-hybridized carbons (Fsp3) is 0.500. The van der Waals surface area contributed by atoms with Gasteiger partial charge in [0.05, 0.1) is 0 Å². The predicted octanol–water partition coefficient (Wildman–Crippen LogP) is 4.11. The molecule has 1 aromatic carbocycles. The number of rotatable bonds is 8. The average molecular weight is 387 g/mol. The first-order chi connectivity index (χ1) is 13.2. The fourth-order valence-electron chi connectivity index (χ4n) is 3.34. The number of carbonyl (C=O) groups excluding carboxylic acids is 2. The second-order valence-corrected chi connectivity index (χ2v) is 7.80. The van der Waals surface area contributed by atoms with Gasteiger partial charge in [0, 0.05) is 18.5 Å². The molecule has 144 valence electrons. The quantitative estimate of drug-likeness (QED) is 0.693.